The Labute approximate surface area is 146 Å². The predicted octanol–water partition coefficient (Wildman–Crippen LogP) is 1.71. The van der Waals surface area contributed by atoms with Crippen molar-refractivity contribution in [3.8, 4) is 17.0 Å². The summed E-state index contributed by atoms with van der Waals surface area (Å²) in [6.07, 6.45) is 2.29. The molecule has 0 amide bonds. The molecule has 136 valence electrons. The number of hydrogen-bond donors (Lipinski definition) is 2. The van der Waals surface area contributed by atoms with Crippen LogP contribution in [0.4, 0.5) is 4.39 Å². The molecule has 0 unspecified atom stereocenters. The highest BCUT2D eigenvalue weighted by Crippen LogP contribution is 2.30. The summed E-state index contributed by atoms with van der Waals surface area (Å²) in [4.78, 5) is 12.1. The summed E-state index contributed by atoms with van der Waals surface area (Å²) in [5.41, 5.74) is 6.58. The van der Waals surface area contributed by atoms with Crippen molar-refractivity contribution in [2.45, 2.75) is 26.3 Å². The van der Waals surface area contributed by atoms with Gasteiger partial charge >= 0.3 is 0 Å². The van der Waals surface area contributed by atoms with Gasteiger partial charge in [0, 0.05) is 24.2 Å². The Morgan fingerprint density at radius 1 is 1.40 bits per heavy atom. The maximum Gasteiger partial charge on any atom is 0.269 e. The molecule has 0 atom stereocenters. The van der Waals surface area contributed by atoms with Crippen LogP contribution in [-0.4, -0.2) is 35.1 Å². The molecule has 3 N–H and O–H groups in total. The van der Waals surface area contributed by atoms with Crippen LogP contribution in [0.15, 0.2) is 29.1 Å². The summed E-state index contributed by atoms with van der Waals surface area (Å²) in [5, 5.41) is 12.1. The van der Waals surface area contributed by atoms with Gasteiger partial charge in [0.05, 0.1) is 19.4 Å². The van der Waals surface area contributed by atoms with Crippen LogP contribution in [0.5, 0.6) is 5.75 Å². The highest BCUT2D eigenvalue weighted by molar-refractivity contribution is 5.60. The molecular weight excluding hydrogens is 325 g/mol. The quantitative estimate of drug-likeness (QED) is 0.858. The van der Waals surface area contributed by atoms with Crippen molar-refractivity contribution < 1.29 is 14.2 Å². The average molecular weight is 349 g/mol. The van der Waals surface area contributed by atoms with Gasteiger partial charge in [-0.15, -0.1) is 0 Å². The molecule has 0 saturated heterocycles. The van der Waals surface area contributed by atoms with Crippen molar-refractivity contribution in [1.29, 1.82) is 0 Å². The second-order valence-corrected chi connectivity index (χ2v) is 6.00. The first kappa shape index (κ1) is 19.1. The van der Waals surface area contributed by atoms with Crippen LogP contribution >= 0.6 is 0 Å². The number of aromatic nitrogens is 2. The molecule has 1 aliphatic carbocycles. The minimum atomic E-state index is -0.436. The van der Waals surface area contributed by atoms with Crippen LogP contribution in [0, 0.1) is 18.7 Å². The lowest BCUT2D eigenvalue weighted by molar-refractivity contribution is 0.306. The molecule has 1 aliphatic rings. The minimum absolute atomic E-state index is 0.0698. The molecule has 1 aromatic heterocycles. The Morgan fingerprint density at radius 3 is 2.60 bits per heavy atom. The molecular formula is C18H24FN3O3. The lowest BCUT2D eigenvalue weighted by Gasteiger charge is -2.09. The van der Waals surface area contributed by atoms with E-state index in [4.69, 9.17) is 15.6 Å². The molecule has 0 spiro atoms. The highest BCUT2D eigenvalue weighted by Gasteiger charge is 2.23. The number of aryl methyl sites for hydroxylation is 1. The Balaban J connectivity index is 0.000000511. The Hall–Kier alpha value is -2.25. The van der Waals surface area contributed by atoms with E-state index in [1.807, 2.05) is 0 Å². The predicted molar refractivity (Wildman–Crippen MR) is 94.0 cm³/mol. The average Bonchev–Trinajstić information content (AvgIpc) is 3.43. The lowest BCUT2D eigenvalue weighted by Crippen LogP contribution is -2.26. The maximum atomic E-state index is 13.8. The summed E-state index contributed by atoms with van der Waals surface area (Å²) in [6, 6.07) is 6.40. The number of methoxy groups -OCH3 is 1. The van der Waals surface area contributed by atoms with Gasteiger partial charge in [0.15, 0.2) is 11.6 Å². The topological polar surface area (TPSA) is 90.4 Å². The van der Waals surface area contributed by atoms with E-state index in [-0.39, 0.29) is 17.9 Å². The monoisotopic (exact) mass is 349 g/mol. The smallest absolute Gasteiger partial charge is 0.269 e. The number of rotatable bonds is 5. The van der Waals surface area contributed by atoms with Crippen LogP contribution in [0.25, 0.3) is 11.3 Å². The van der Waals surface area contributed by atoms with Crippen molar-refractivity contribution in [2.24, 2.45) is 11.7 Å². The first-order valence-electron chi connectivity index (χ1n) is 8.23. The van der Waals surface area contributed by atoms with Gasteiger partial charge in [0.1, 0.15) is 0 Å². The molecule has 0 bridgehead atoms. The number of ether oxygens (including phenoxy) is 1. The standard InChI is InChI=1S/C16H17FN2O2.C2H7NO/c1-10-7-14(12-5-6-15(21-2)13(17)8-12)18-19(16(10)20)9-11-3-4-11;3-1-2-4/h5-8,11H,3-4,9H2,1-2H3;4H,1-3H2. The second-order valence-electron chi connectivity index (χ2n) is 6.00. The number of hydrogen-bond acceptors (Lipinski definition) is 5. The largest absolute Gasteiger partial charge is 0.494 e. The zero-order valence-electron chi connectivity index (χ0n) is 14.5. The Kier molecular flexibility index (Phi) is 6.66. The van der Waals surface area contributed by atoms with E-state index in [0.717, 1.165) is 12.8 Å². The fraction of sp³-hybridized carbons (Fsp3) is 0.444. The van der Waals surface area contributed by atoms with Crippen LogP contribution in [-0.2, 0) is 6.54 Å². The summed E-state index contributed by atoms with van der Waals surface area (Å²) in [7, 11) is 1.43. The van der Waals surface area contributed by atoms with Crippen LogP contribution < -0.4 is 16.0 Å². The maximum absolute atomic E-state index is 13.8. The first-order valence-corrected chi connectivity index (χ1v) is 8.23. The third-order valence-corrected chi connectivity index (χ3v) is 3.86. The number of aliphatic hydroxyl groups is 1. The summed E-state index contributed by atoms with van der Waals surface area (Å²) >= 11 is 0. The first-order chi connectivity index (χ1) is 12.0. The van der Waals surface area contributed by atoms with Crippen LogP contribution in [0.3, 0.4) is 0 Å². The van der Waals surface area contributed by atoms with Gasteiger partial charge in [-0.05, 0) is 49.9 Å². The van der Waals surface area contributed by atoms with E-state index < -0.39 is 5.82 Å². The molecule has 1 aromatic carbocycles. The summed E-state index contributed by atoms with van der Waals surface area (Å²) in [5.74, 6) is 0.314. The zero-order valence-corrected chi connectivity index (χ0v) is 14.5. The van der Waals surface area contributed by atoms with Crippen molar-refractivity contribution >= 4 is 0 Å². The van der Waals surface area contributed by atoms with Gasteiger partial charge in [-0.2, -0.15) is 5.10 Å². The molecule has 6 nitrogen and oxygen atoms in total. The lowest BCUT2D eigenvalue weighted by atomic mass is 10.1. The molecule has 7 heteroatoms. The van der Waals surface area contributed by atoms with E-state index in [2.05, 4.69) is 5.10 Å². The Bertz CT molecular complexity index is 771. The van der Waals surface area contributed by atoms with Gasteiger partial charge in [-0.1, -0.05) is 0 Å². The fourth-order valence-electron chi connectivity index (χ4n) is 2.31. The van der Waals surface area contributed by atoms with Crippen molar-refractivity contribution in [3.05, 3.63) is 46.0 Å². The van der Waals surface area contributed by atoms with Gasteiger partial charge < -0.3 is 15.6 Å². The molecule has 1 heterocycles. The number of aliphatic hydroxyl groups excluding tert-OH is 1. The van der Waals surface area contributed by atoms with Gasteiger partial charge in [-0.25, -0.2) is 9.07 Å². The molecule has 2 aromatic rings. The van der Waals surface area contributed by atoms with E-state index in [1.165, 1.54) is 17.9 Å². The van der Waals surface area contributed by atoms with E-state index in [1.54, 1.807) is 25.1 Å². The third kappa shape index (κ3) is 5.11. The summed E-state index contributed by atoms with van der Waals surface area (Å²) < 4.78 is 20.2. The van der Waals surface area contributed by atoms with Gasteiger partial charge in [0.2, 0.25) is 0 Å². The van der Waals surface area contributed by atoms with Crippen LogP contribution in [0.2, 0.25) is 0 Å². The summed E-state index contributed by atoms with van der Waals surface area (Å²) in [6.45, 7) is 2.88. The zero-order chi connectivity index (χ0) is 18.4. The number of nitrogens with two attached hydrogens (primary N) is 1. The Morgan fingerprint density at radius 2 is 2.08 bits per heavy atom. The molecule has 1 fully saturated rings. The van der Waals surface area contributed by atoms with Crippen molar-refractivity contribution in [2.75, 3.05) is 20.3 Å². The third-order valence-electron chi connectivity index (χ3n) is 3.86. The normalized spacial score (nSPS) is 13.2. The van der Waals surface area contributed by atoms with E-state index >= 15 is 0 Å². The molecule has 1 saturated carbocycles. The van der Waals surface area contributed by atoms with Crippen LogP contribution in [0.1, 0.15) is 18.4 Å². The van der Waals surface area contributed by atoms with Crippen molar-refractivity contribution in [3.63, 3.8) is 0 Å². The minimum Gasteiger partial charge on any atom is -0.494 e. The fourth-order valence-corrected chi connectivity index (χ4v) is 2.31. The van der Waals surface area contributed by atoms with Crippen molar-refractivity contribution in [1.82, 2.24) is 9.78 Å². The van der Waals surface area contributed by atoms with Gasteiger partial charge in [0.25, 0.3) is 5.56 Å². The van der Waals surface area contributed by atoms with E-state index in [9.17, 15) is 9.18 Å². The highest BCUT2D eigenvalue weighted by atomic mass is 19.1. The number of halogens is 1. The number of nitrogens with zero attached hydrogens (tertiary/aromatic N) is 2. The SMILES string of the molecule is COc1ccc(-c2cc(C)c(=O)n(CC3CC3)n2)cc1F.NCCO. The molecule has 3 rings (SSSR count). The van der Waals surface area contributed by atoms with Gasteiger partial charge in [-0.3, -0.25) is 4.79 Å². The molecule has 25 heavy (non-hydrogen) atoms. The number of benzene rings is 1. The second kappa shape index (κ2) is 8.73. The molecule has 0 radical (unpaired) electrons. The van der Waals surface area contributed by atoms with E-state index in [0.29, 0.717) is 35.8 Å². The molecule has 0 aliphatic heterocycles.